The molecule has 238 valence electrons. The van der Waals surface area contributed by atoms with Crippen LogP contribution in [-0.2, 0) is 28.6 Å². The van der Waals surface area contributed by atoms with Gasteiger partial charge in [-0.15, -0.1) is 0 Å². The van der Waals surface area contributed by atoms with Gasteiger partial charge < -0.3 is 14.2 Å². The third-order valence-corrected chi connectivity index (χ3v) is 12.6. The van der Waals surface area contributed by atoms with E-state index in [1.165, 1.54) is 33.3 Å². The topological polar surface area (TPSA) is 78.9 Å². The average molecular weight is 660 g/mol. The van der Waals surface area contributed by atoms with Gasteiger partial charge >= 0.3 is 17.9 Å². The molecule has 4 aliphatic rings. The molecule has 42 heavy (non-hydrogen) atoms. The maximum Gasteiger partial charge on any atom is 0.303 e. The summed E-state index contributed by atoms with van der Waals surface area (Å²) in [6.07, 6.45) is 6.74. The monoisotopic (exact) mass is 658 g/mol. The summed E-state index contributed by atoms with van der Waals surface area (Å²) in [7, 11) is 0. The molecule has 0 aliphatic heterocycles. The van der Waals surface area contributed by atoms with Crippen LogP contribution in [0.4, 0.5) is 8.78 Å². The van der Waals surface area contributed by atoms with E-state index in [4.69, 9.17) is 14.2 Å². The van der Waals surface area contributed by atoms with Gasteiger partial charge in [-0.3, -0.25) is 14.4 Å². The van der Waals surface area contributed by atoms with Crippen LogP contribution in [0, 0.1) is 40.4 Å². The maximum atomic E-state index is 15.2. The summed E-state index contributed by atoms with van der Waals surface area (Å²) in [5, 5.41) is 0. The fourth-order valence-electron chi connectivity index (χ4n) is 9.62. The Kier molecular flexibility index (Phi) is 9.36. The third kappa shape index (κ3) is 5.93. The molecule has 0 bridgehead atoms. The second-order valence-corrected chi connectivity index (χ2v) is 15.6. The van der Waals surface area contributed by atoms with Crippen molar-refractivity contribution in [3.63, 3.8) is 0 Å². The summed E-state index contributed by atoms with van der Waals surface area (Å²) < 4.78 is 47.0. The smallest absolute Gasteiger partial charge is 0.303 e. The summed E-state index contributed by atoms with van der Waals surface area (Å²) in [4.78, 5) is 35.6. The van der Waals surface area contributed by atoms with Crippen LogP contribution in [0.5, 0.6) is 0 Å². The second kappa shape index (κ2) is 11.8. The van der Waals surface area contributed by atoms with E-state index < -0.39 is 17.5 Å². The molecular weight excluding hydrogens is 610 g/mol. The van der Waals surface area contributed by atoms with Gasteiger partial charge in [0.1, 0.15) is 12.2 Å². The summed E-state index contributed by atoms with van der Waals surface area (Å²) in [6.45, 7) is 13.3. The molecule has 10 atom stereocenters. The number of halogens is 3. The molecule has 9 heteroatoms. The Bertz CT molecular complexity index is 1110. The normalized spacial score (nSPS) is 38.7. The zero-order valence-electron chi connectivity index (χ0n) is 26.4. The number of alkyl halides is 3. The van der Waals surface area contributed by atoms with E-state index in [0.29, 0.717) is 37.0 Å². The molecule has 0 aromatic rings. The zero-order chi connectivity index (χ0) is 31.4. The summed E-state index contributed by atoms with van der Waals surface area (Å²) in [5.41, 5.74) is -0.997. The standard InChI is InChI=1S/C33H49BrF2O6/c1-18(11-14-33(35,36)30(5,6)42-21(4)39)24-9-10-25-29-26(12-13-31(24,25)7)32(8)22(16-27(29)34)15-23(40-19(2)37)17-28(32)41-20(3)38/h16,18,23-29H,9-15,17H2,1-8H3/t18-,23-,24-,25+,26+,27?,28+,29+,31-,32+/m1/s1. The predicted molar refractivity (Wildman–Crippen MR) is 159 cm³/mol. The van der Waals surface area contributed by atoms with E-state index in [9.17, 15) is 14.4 Å². The van der Waals surface area contributed by atoms with Gasteiger partial charge in [0.05, 0.1) is 0 Å². The van der Waals surface area contributed by atoms with Crippen molar-refractivity contribution in [2.24, 2.45) is 40.4 Å². The Hall–Kier alpha value is -1.51. The summed E-state index contributed by atoms with van der Waals surface area (Å²) in [5.74, 6) is -3.06. The Morgan fingerprint density at radius 2 is 1.67 bits per heavy atom. The van der Waals surface area contributed by atoms with Crippen molar-refractivity contribution in [2.45, 2.75) is 135 Å². The van der Waals surface area contributed by atoms with Gasteiger partial charge in [-0.05, 0) is 81.0 Å². The summed E-state index contributed by atoms with van der Waals surface area (Å²) >= 11 is 4.04. The number of carbonyl (C=O) groups excluding carboxylic acids is 3. The van der Waals surface area contributed by atoms with E-state index in [0.717, 1.165) is 32.6 Å². The molecule has 0 aromatic heterocycles. The predicted octanol–water partition coefficient (Wildman–Crippen LogP) is 7.81. The Morgan fingerprint density at radius 3 is 2.26 bits per heavy atom. The van der Waals surface area contributed by atoms with E-state index in [1.54, 1.807) is 0 Å². The molecule has 0 heterocycles. The highest BCUT2D eigenvalue weighted by Crippen LogP contribution is 2.68. The van der Waals surface area contributed by atoms with Gasteiger partial charge in [-0.25, -0.2) is 8.78 Å². The molecule has 1 unspecified atom stereocenters. The lowest BCUT2D eigenvalue weighted by Gasteiger charge is -2.61. The number of hydrogen-bond donors (Lipinski definition) is 0. The molecule has 6 nitrogen and oxygen atoms in total. The molecular formula is C33H49BrF2O6. The lowest BCUT2D eigenvalue weighted by atomic mass is 9.46. The fraction of sp³-hybridized carbons (Fsp3) is 0.848. The number of esters is 3. The van der Waals surface area contributed by atoms with Crippen LogP contribution in [0.15, 0.2) is 11.6 Å². The molecule has 0 radical (unpaired) electrons. The highest BCUT2D eigenvalue weighted by Gasteiger charge is 2.64. The number of rotatable bonds is 8. The first-order chi connectivity index (χ1) is 19.3. The Morgan fingerprint density at radius 1 is 1.02 bits per heavy atom. The number of fused-ring (bicyclic) bond motifs is 5. The largest absolute Gasteiger partial charge is 0.462 e. The van der Waals surface area contributed by atoms with E-state index in [2.05, 4.69) is 42.8 Å². The van der Waals surface area contributed by atoms with Crippen LogP contribution in [0.2, 0.25) is 0 Å². The fourth-order valence-corrected chi connectivity index (χ4v) is 10.7. The van der Waals surface area contributed by atoms with Crippen molar-refractivity contribution >= 4 is 33.8 Å². The van der Waals surface area contributed by atoms with E-state index in [-0.39, 0.29) is 58.1 Å². The molecule has 3 fully saturated rings. The molecule has 0 spiro atoms. The van der Waals surface area contributed by atoms with Gasteiger partial charge in [0, 0.05) is 50.3 Å². The van der Waals surface area contributed by atoms with Crippen molar-refractivity contribution in [1.29, 1.82) is 0 Å². The van der Waals surface area contributed by atoms with Gasteiger partial charge in [0.25, 0.3) is 5.92 Å². The minimum Gasteiger partial charge on any atom is -0.462 e. The van der Waals surface area contributed by atoms with E-state index in [1.807, 2.05) is 0 Å². The zero-order valence-corrected chi connectivity index (χ0v) is 28.0. The first kappa shape index (κ1) is 33.4. The van der Waals surface area contributed by atoms with Crippen molar-refractivity contribution in [2.75, 3.05) is 0 Å². The first-order valence-electron chi connectivity index (χ1n) is 15.6. The third-order valence-electron chi connectivity index (χ3n) is 11.7. The van der Waals surface area contributed by atoms with Gasteiger partial charge in [0.2, 0.25) is 0 Å². The highest BCUT2D eigenvalue weighted by molar-refractivity contribution is 9.09. The van der Waals surface area contributed by atoms with Gasteiger partial charge in [0.15, 0.2) is 5.60 Å². The van der Waals surface area contributed by atoms with Gasteiger partial charge in [-0.2, -0.15) is 0 Å². The van der Waals surface area contributed by atoms with Crippen LogP contribution in [0.25, 0.3) is 0 Å². The number of hydrogen-bond acceptors (Lipinski definition) is 6. The lowest BCUT2D eigenvalue weighted by Crippen LogP contribution is -2.59. The molecule has 3 saturated carbocycles. The van der Waals surface area contributed by atoms with Crippen molar-refractivity contribution < 1.29 is 37.4 Å². The van der Waals surface area contributed by atoms with Crippen LogP contribution in [-0.4, -0.2) is 46.5 Å². The lowest BCUT2D eigenvalue weighted by molar-refractivity contribution is -0.202. The Labute approximate surface area is 258 Å². The number of ether oxygens (including phenoxy) is 3. The van der Waals surface area contributed by atoms with E-state index >= 15 is 8.78 Å². The molecule has 0 N–H and O–H groups in total. The molecule has 4 rings (SSSR count). The Balaban J connectivity index is 1.56. The van der Waals surface area contributed by atoms with Crippen LogP contribution >= 0.6 is 15.9 Å². The molecule has 0 aromatic carbocycles. The highest BCUT2D eigenvalue weighted by atomic mass is 79.9. The summed E-state index contributed by atoms with van der Waals surface area (Å²) in [6, 6.07) is 0. The average Bonchev–Trinajstić information content (AvgIpc) is 3.19. The molecule has 0 amide bonds. The minimum absolute atomic E-state index is 0.0147. The number of allylic oxidation sites excluding steroid dienone is 1. The second-order valence-electron chi connectivity index (χ2n) is 14.5. The minimum atomic E-state index is -3.12. The van der Waals surface area contributed by atoms with Crippen LogP contribution in [0.3, 0.4) is 0 Å². The van der Waals surface area contributed by atoms with Crippen LogP contribution < -0.4 is 0 Å². The van der Waals surface area contributed by atoms with Crippen molar-refractivity contribution in [1.82, 2.24) is 0 Å². The molecule has 4 aliphatic carbocycles. The number of carbonyl (C=O) groups is 3. The van der Waals surface area contributed by atoms with Crippen LogP contribution in [0.1, 0.15) is 107 Å². The first-order valence-corrected chi connectivity index (χ1v) is 16.5. The quantitative estimate of drug-likeness (QED) is 0.115. The van der Waals surface area contributed by atoms with Crippen molar-refractivity contribution in [3.8, 4) is 0 Å². The van der Waals surface area contributed by atoms with Gasteiger partial charge in [-0.1, -0.05) is 48.4 Å². The van der Waals surface area contributed by atoms with Crippen molar-refractivity contribution in [3.05, 3.63) is 11.6 Å². The molecule has 0 saturated heterocycles. The SMILES string of the molecule is CC(=O)O[C@@H]1CC2=CC(Br)[C@H]3[C@@H]4CC[C@H]([C@H](C)CCC(F)(F)C(C)(C)OC(C)=O)[C@@]4(C)CC[C@@H]3[C@@]2(C)[C@@H](OC(C)=O)C1. The maximum absolute atomic E-state index is 15.2.